The molecule has 1 amide bonds. The number of hydrogen-bond donors (Lipinski definition) is 3. The quantitative estimate of drug-likeness (QED) is 0.306. The Hall–Kier alpha value is -3.49. The van der Waals surface area contributed by atoms with Crippen molar-refractivity contribution in [3.05, 3.63) is 72.4 Å². The highest BCUT2D eigenvalue weighted by Crippen LogP contribution is 2.26. The van der Waals surface area contributed by atoms with Crippen molar-refractivity contribution in [3.8, 4) is 5.69 Å². The first kappa shape index (κ1) is 25.2. The minimum absolute atomic E-state index is 0.0437. The van der Waals surface area contributed by atoms with Gasteiger partial charge in [-0.15, -0.1) is 10.2 Å². The monoisotopic (exact) mass is 499 g/mol. The van der Waals surface area contributed by atoms with Gasteiger partial charge in [-0.3, -0.25) is 9.36 Å². The molecule has 8 nitrogen and oxygen atoms in total. The molecule has 2 aromatic carbocycles. The first-order valence-electron chi connectivity index (χ1n) is 13.2. The molecule has 3 heterocycles. The van der Waals surface area contributed by atoms with E-state index in [0.717, 1.165) is 43.6 Å². The van der Waals surface area contributed by atoms with Crippen LogP contribution < -0.4 is 10.6 Å². The number of carbonyl (C=O) groups excluding carboxylic acids is 1. The number of likely N-dealkylation sites (tertiary alicyclic amines) is 1. The van der Waals surface area contributed by atoms with Gasteiger partial charge in [0.25, 0.3) is 0 Å². The molecule has 8 heteroatoms. The Morgan fingerprint density at radius 1 is 1.16 bits per heavy atom. The molecule has 1 fully saturated rings. The van der Waals surface area contributed by atoms with Crippen molar-refractivity contribution in [1.29, 1.82) is 0 Å². The van der Waals surface area contributed by atoms with Crippen LogP contribution in [-0.2, 0) is 11.2 Å². The highest BCUT2D eigenvalue weighted by atomic mass is 16.1. The van der Waals surface area contributed by atoms with Crippen molar-refractivity contribution in [1.82, 2.24) is 30.0 Å². The van der Waals surface area contributed by atoms with Crippen LogP contribution in [0.25, 0.3) is 16.6 Å². The van der Waals surface area contributed by atoms with Gasteiger partial charge in [-0.2, -0.15) is 0 Å². The van der Waals surface area contributed by atoms with Crippen molar-refractivity contribution in [2.24, 2.45) is 0 Å². The number of H-pyrrole nitrogens is 1. The molecule has 0 aliphatic carbocycles. The number of piperidine rings is 1. The Morgan fingerprint density at radius 3 is 2.70 bits per heavy atom. The van der Waals surface area contributed by atoms with Gasteiger partial charge in [0.15, 0.2) is 0 Å². The van der Waals surface area contributed by atoms with Crippen LogP contribution in [0.1, 0.15) is 56.7 Å². The Balaban J connectivity index is 1.15. The van der Waals surface area contributed by atoms with E-state index in [1.165, 1.54) is 35.4 Å². The number of amides is 1. The molecule has 4 aromatic rings. The topological polar surface area (TPSA) is 90.9 Å². The fraction of sp³-hybridized carbons (Fsp3) is 0.414. The highest BCUT2D eigenvalue weighted by Gasteiger charge is 2.26. The standard InChI is InChI=1S/C29H37N7O/c1-20(22-7-9-24(10-8-22)34-21(2)37)33-25-13-14-35(3)26(15-25)6-4-5-23-17-30-29-12-11-27(16-28(23)29)36-18-31-32-19-36/h7-12,16-20,25-26,30,33H,4-6,13-15H2,1-3H3,(H,34,37). The van der Waals surface area contributed by atoms with Crippen LogP contribution in [0.5, 0.6) is 0 Å². The molecule has 0 saturated carbocycles. The number of aryl methyl sites for hydroxylation is 1. The van der Waals surface area contributed by atoms with Crippen molar-refractivity contribution in [2.45, 2.75) is 64.1 Å². The van der Waals surface area contributed by atoms with Gasteiger partial charge in [0.05, 0.1) is 0 Å². The number of rotatable bonds is 9. The van der Waals surface area contributed by atoms with Crippen molar-refractivity contribution < 1.29 is 4.79 Å². The van der Waals surface area contributed by atoms with Gasteiger partial charge in [-0.05, 0) is 94.1 Å². The van der Waals surface area contributed by atoms with Crippen LogP contribution in [0.4, 0.5) is 5.69 Å². The molecule has 194 valence electrons. The maximum atomic E-state index is 11.3. The predicted molar refractivity (Wildman–Crippen MR) is 148 cm³/mol. The van der Waals surface area contributed by atoms with Gasteiger partial charge in [0, 0.05) is 53.5 Å². The molecular weight excluding hydrogens is 462 g/mol. The van der Waals surface area contributed by atoms with Gasteiger partial charge >= 0.3 is 0 Å². The van der Waals surface area contributed by atoms with Gasteiger partial charge in [0.2, 0.25) is 5.91 Å². The number of aromatic nitrogens is 4. The van der Waals surface area contributed by atoms with E-state index in [1.807, 2.05) is 16.7 Å². The molecule has 2 aromatic heterocycles. The molecule has 0 bridgehead atoms. The lowest BCUT2D eigenvalue weighted by molar-refractivity contribution is -0.114. The van der Waals surface area contributed by atoms with E-state index >= 15 is 0 Å². The second-order valence-electron chi connectivity index (χ2n) is 10.4. The second-order valence-corrected chi connectivity index (χ2v) is 10.4. The molecule has 0 spiro atoms. The summed E-state index contributed by atoms with van der Waals surface area (Å²) in [5.74, 6) is -0.0437. The first-order chi connectivity index (χ1) is 18.0. The summed E-state index contributed by atoms with van der Waals surface area (Å²) in [6.45, 7) is 4.88. The lowest BCUT2D eigenvalue weighted by Crippen LogP contribution is -2.47. The van der Waals surface area contributed by atoms with E-state index in [0.29, 0.717) is 12.1 Å². The van der Waals surface area contributed by atoms with Crippen molar-refractivity contribution >= 4 is 22.5 Å². The third-order valence-corrected chi connectivity index (χ3v) is 7.68. The van der Waals surface area contributed by atoms with E-state index in [2.05, 4.69) is 81.2 Å². The number of anilines is 1. The predicted octanol–water partition coefficient (Wildman–Crippen LogP) is 4.84. The maximum Gasteiger partial charge on any atom is 0.221 e. The molecular formula is C29H37N7O. The number of carbonyl (C=O) groups is 1. The zero-order chi connectivity index (χ0) is 25.8. The summed E-state index contributed by atoms with van der Waals surface area (Å²) in [6.07, 6.45) is 11.4. The summed E-state index contributed by atoms with van der Waals surface area (Å²) < 4.78 is 1.94. The van der Waals surface area contributed by atoms with Gasteiger partial charge in [0.1, 0.15) is 12.7 Å². The largest absolute Gasteiger partial charge is 0.361 e. The average Bonchev–Trinajstić information content (AvgIpc) is 3.56. The molecule has 0 radical (unpaired) electrons. The van der Waals surface area contributed by atoms with Crippen LogP contribution in [-0.4, -0.2) is 56.2 Å². The third kappa shape index (κ3) is 6.09. The first-order valence-corrected chi connectivity index (χ1v) is 13.2. The number of aromatic amines is 1. The minimum atomic E-state index is -0.0437. The number of benzene rings is 2. The van der Waals surface area contributed by atoms with Crippen LogP contribution in [0.3, 0.4) is 0 Å². The smallest absolute Gasteiger partial charge is 0.221 e. The van der Waals surface area contributed by atoms with Crippen molar-refractivity contribution in [3.63, 3.8) is 0 Å². The van der Waals surface area contributed by atoms with Crippen LogP contribution in [0.15, 0.2) is 61.3 Å². The van der Waals surface area contributed by atoms with E-state index in [1.54, 1.807) is 12.7 Å². The molecule has 5 rings (SSSR count). The lowest BCUT2D eigenvalue weighted by Gasteiger charge is -2.39. The number of nitrogens with zero attached hydrogens (tertiary/aromatic N) is 4. The fourth-order valence-corrected chi connectivity index (χ4v) is 5.56. The number of fused-ring (bicyclic) bond motifs is 1. The zero-order valence-corrected chi connectivity index (χ0v) is 21.9. The van der Waals surface area contributed by atoms with Crippen LogP contribution in [0.2, 0.25) is 0 Å². The summed E-state index contributed by atoms with van der Waals surface area (Å²) in [4.78, 5) is 17.2. The van der Waals surface area contributed by atoms with E-state index in [9.17, 15) is 4.79 Å². The molecule has 1 saturated heterocycles. The second kappa shape index (κ2) is 11.3. The lowest BCUT2D eigenvalue weighted by atomic mass is 9.92. The van der Waals surface area contributed by atoms with E-state index in [-0.39, 0.29) is 11.9 Å². The molecule has 37 heavy (non-hydrogen) atoms. The van der Waals surface area contributed by atoms with Gasteiger partial charge in [-0.25, -0.2) is 0 Å². The number of nitrogens with one attached hydrogen (secondary N) is 3. The Morgan fingerprint density at radius 2 is 1.95 bits per heavy atom. The fourth-order valence-electron chi connectivity index (χ4n) is 5.56. The summed E-state index contributed by atoms with van der Waals surface area (Å²) >= 11 is 0. The maximum absolute atomic E-state index is 11.3. The molecule has 3 atom stereocenters. The van der Waals surface area contributed by atoms with Crippen LogP contribution >= 0.6 is 0 Å². The SMILES string of the molecule is CC(=O)Nc1ccc(C(C)NC2CCN(C)C(CCCc3c[nH]c4ccc(-n5cnnc5)cc34)C2)cc1. The van der Waals surface area contributed by atoms with Gasteiger partial charge in [-0.1, -0.05) is 12.1 Å². The Bertz CT molecular complexity index is 1310. The summed E-state index contributed by atoms with van der Waals surface area (Å²) in [5, 5.41) is 15.8. The molecule has 1 aliphatic heterocycles. The normalized spacial score (nSPS) is 19.2. The Kier molecular flexibility index (Phi) is 7.67. The molecule has 1 aliphatic rings. The Labute approximate surface area is 218 Å². The zero-order valence-electron chi connectivity index (χ0n) is 21.9. The van der Waals surface area contributed by atoms with Gasteiger partial charge < -0.3 is 20.5 Å². The summed E-state index contributed by atoms with van der Waals surface area (Å²) in [5.41, 5.74) is 5.71. The van der Waals surface area contributed by atoms with Crippen LogP contribution in [0, 0.1) is 0 Å². The average molecular weight is 500 g/mol. The molecule has 3 unspecified atom stereocenters. The summed E-state index contributed by atoms with van der Waals surface area (Å²) in [6, 6.07) is 16.0. The molecule has 3 N–H and O–H groups in total. The number of hydrogen-bond acceptors (Lipinski definition) is 5. The van der Waals surface area contributed by atoms with Crippen molar-refractivity contribution in [2.75, 3.05) is 18.9 Å². The summed E-state index contributed by atoms with van der Waals surface area (Å²) in [7, 11) is 2.27. The minimum Gasteiger partial charge on any atom is -0.361 e. The highest BCUT2D eigenvalue weighted by molar-refractivity contribution is 5.88. The third-order valence-electron chi connectivity index (χ3n) is 7.68. The van der Waals surface area contributed by atoms with E-state index < -0.39 is 0 Å². The van der Waals surface area contributed by atoms with E-state index in [4.69, 9.17) is 0 Å².